The van der Waals surface area contributed by atoms with E-state index < -0.39 is 0 Å². The molecule has 0 aliphatic heterocycles. The Labute approximate surface area is 172 Å². The standard InChI is InChI=1S/C20H22N8O2/c1-30-16-6-7-19(22-10-16)28-20-17(25-26-28)11-21-18(24-20)8-13-9-23-27(12-13)14-2-4-15(29)5-3-14/h6-7,9-12,14-15,29H,2-5,8H2,1H3. The number of aliphatic hydroxyl groups excluding tert-OH is 1. The Balaban J connectivity index is 1.37. The van der Waals surface area contributed by atoms with Crippen LogP contribution in [0.2, 0.25) is 0 Å². The lowest BCUT2D eigenvalue weighted by atomic mass is 9.93. The van der Waals surface area contributed by atoms with Gasteiger partial charge in [-0.15, -0.1) is 5.10 Å². The van der Waals surface area contributed by atoms with Crippen LogP contribution in [-0.2, 0) is 6.42 Å². The normalized spacial score (nSPS) is 19.3. The number of hydrogen-bond donors (Lipinski definition) is 1. The van der Waals surface area contributed by atoms with E-state index in [0.717, 1.165) is 31.2 Å². The molecule has 154 valence electrons. The summed E-state index contributed by atoms with van der Waals surface area (Å²) in [6.45, 7) is 0. The molecule has 0 bridgehead atoms. The monoisotopic (exact) mass is 406 g/mol. The molecule has 0 unspecified atom stereocenters. The van der Waals surface area contributed by atoms with Crippen molar-refractivity contribution in [3.05, 3.63) is 48.3 Å². The molecule has 5 rings (SSSR count). The molecule has 1 N–H and O–H groups in total. The van der Waals surface area contributed by atoms with Gasteiger partial charge in [0.25, 0.3) is 0 Å². The van der Waals surface area contributed by atoms with Crippen molar-refractivity contribution in [2.45, 2.75) is 44.2 Å². The highest BCUT2D eigenvalue weighted by molar-refractivity contribution is 5.70. The summed E-state index contributed by atoms with van der Waals surface area (Å²) in [5.74, 6) is 1.94. The maximum absolute atomic E-state index is 9.70. The number of ether oxygens (including phenoxy) is 1. The molecular formula is C20H22N8O2. The van der Waals surface area contributed by atoms with Crippen LogP contribution < -0.4 is 4.74 Å². The van der Waals surface area contributed by atoms with Gasteiger partial charge in [-0.25, -0.2) is 15.0 Å². The fourth-order valence-electron chi connectivity index (χ4n) is 3.80. The largest absolute Gasteiger partial charge is 0.495 e. The molecule has 1 aliphatic carbocycles. The summed E-state index contributed by atoms with van der Waals surface area (Å²) < 4.78 is 8.76. The van der Waals surface area contributed by atoms with E-state index in [1.54, 1.807) is 30.3 Å². The predicted octanol–water partition coefficient (Wildman–Crippen LogP) is 1.88. The van der Waals surface area contributed by atoms with E-state index in [1.165, 1.54) is 0 Å². The lowest BCUT2D eigenvalue weighted by Gasteiger charge is -2.25. The van der Waals surface area contributed by atoms with Crippen molar-refractivity contribution < 1.29 is 9.84 Å². The van der Waals surface area contributed by atoms with Crippen LogP contribution in [0.5, 0.6) is 5.75 Å². The SMILES string of the molecule is COc1ccc(-n2nnc3cnc(Cc4cnn(C5CCC(O)CC5)c4)nc32)nc1. The molecule has 1 aliphatic rings. The van der Waals surface area contributed by atoms with E-state index in [4.69, 9.17) is 4.74 Å². The molecule has 4 heterocycles. The van der Waals surface area contributed by atoms with Crippen molar-refractivity contribution in [2.75, 3.05) is 7.11 Å². The van der Waals surface area contributed by atoms with E-state index in [-0.39, 0.29) is 6.10 Å². The van der Waals surface area contributed by atoms with Gasteiger partial charge < -0.3 is 9.84 Å². The summed E-state index contributed by atoms with van der Waals surface area (Å²) in [5, 5.41) is 22.5. The summed E-state index contributed by atoms with van der Waals surface area (Å²) in [4.78, 5) is 13.5. The lowest BCUT2D eigenvalue weighted by molar-refractivity contribution is 0.108. The van der Waals surface area contributed by atoms with Crippen LogP contribution in [0, 0.1) is 0 Å². The van der Waals surface area contributed by atoms with Gasteiger partial charge in [-0.3, -0.25) is 4.68 Å². The molecule has 1 fully saturated rings. The smallest absolute Gasteiger partial charge is 0.188 e. The van der Waals surface area contributed by atoms with E-state index in [2.05, 4.69) is 36.6 Å². The first kappa shape index (κ1) is 18.6. The average molecular weight is 406 g/mol. The molecule has 4 aromatic rings. The third-order valence-corrected chi connectivity index (χ3v) is 5.47. The fraction of sp³-hybridized carbons (Fsp3) is 0.400. The Morgan fingerprint density at radius 3 is 2.73 bits per heavy atom. The summed E-state index contributed by atoms with van der Waals surface area (Å²) in [7, 11) is 1.60. The van der Waals surface area contributed by atoms with Gasteiger partial charge in [0.05, 0.1) is 37.8 Å². The lowest BCUT2D eigenvalue weighted by Crippen LogP contribution is -2.21. The molecule has 10 heteroatoms. The van der Waals surface area contributed by atoms with Crippen molar-refractivity contribution in [3.8, 4) is 11.6 Å². The first-order valence-corrected chi connectivity index (χ1v) is 9.98. The minimum atomic E-state index is -0.171. The van der Waals surface area contributed by atoms with Crippen LogP contribution in [0.4, 0.5) is 0 Å². The number of methoxy groups -OCH3 is 1. The van der Waals surface area contributed by atoms with Crippen molar-refractivity contribution >= 4 is 11.2 Å². The molecule has 0 amide bonds. The Morgan fingerprint density at radius 2 is 1.97 bits per heavy atom. The zero-order chi connectivity index (χ0) is 20.5. The van der Waals surface area contributed by atoms with Gasteiger partial charge in [-0.1, -0.05) is 5.21 Å². The zero-order valence-electron chi connectivity index (χ0n) is 16.6. The van der Waals surface area contributed by atoms with Crippen molar-refractivity contribution in [1.82, 2.24) is 39.7 Å². The average Bonchev–Trinajstić information content (AvgIpc) is 3.41. The highest BCUT2D eigenvalue weighted by Crippen LogP contribution is 2.28. The highest BCUT2D eigenvalue weighted by Gasteiger charge is 2.21. The van der Waals surface area contributed by atoms with Gasteiger partial charge in [0.2, 0.25) is 0 Å². The molecule has 0 saturated heterocycles. The highest BCUT2D eigenvalue weighted by atomic mass is 16.5. The molecule has 0 aromatic carbocycles. The van der Waals surface area contributed by atoms with E-state index in [0.29, 0.717) is 41.0 Å². The minimum Gasteiger partial charge on any atom is -0.495 e. The first-order valence-electron chi connectivity index (χ1n) is 9.98. The van der Waals surface area contributed by atoms with Crippen molar-refractivity contribution in [1.29, 1.82) is 0 Å². The van der Waals surface area contributed by atoms with E-state index in [9.17, 15) is 5.11 Å². The van der Waals surface area contributed by atoms with Gasteiger partial charge in [-0.05, 0) is 43.4 Å². The maximum Gasteiger partial charge on any atom is 0.188 e. The number of nitrogens with zero attached hydrogens (tertiary/aromatic N) is 8. The molecule has 10 nitrogen and oxygen atoms in total. The van der Waals surface area contributed by atoms with Crippen LogP contribution in [0.1, 0.15) is 43.1 Å². The third-order valence-electron chi connectivity index (χ3n) is 5.47. The van der Waals surface area contributed by atoms with Crippen LogP contribution in [-0.4, -0.2) is 58.0 Å². The summed E-state index contributed by atoms with van der Waals surface area (Å²) >= 11 is 0. The second-order valence-electron chi connectivity index (χ2n) is 7.52. The maximum atomic E-state index is 9.70. The second-order valence-corrected chi connectivity index (χ2v) is 7.52. The number of fused-ring (bicyclic) bond motifs is 1. The Morgan fingerprint density at radius 1 is 1.10 bits per heavy atom. The quantitative estimate of drug-likeness (QED) is 0.534. The van der Waals surface area contributed by atoms with Crippen LogP contribution in [0.3, 0.4) is 0 Å². The Bertz CT molecular complexity index is 1150. The minimum absolute atomic E-state index is 0.171. The zero-order valence-corrected chi connectivity index (χ0v) is 16.6. The van der Waals surface area contributed by atoms with Gasteiger partial charge in [0.15, 0.2) is 17.0 Å². The van der Waals surface area contributed by atoms with E-state index in [1.807, 2.05) is 16.9 Å². The van der Waals surface area contributed by atoms with Crippen LogP contribution in [0.15, 0.2) is 36.9 Å². The summed E-state index contributed by atoms with van der Waals surface area (Å²) in [6, 6.07) is 3.97. The molecule has 30 heavy (non-hydrogen) atoms. The number of aliphatic hydroxyl groups is 1. The van der Waals surface area contributed by atoms with Gasteiger partial charge >= 0.3 is 0 Å². The predicted molar refractivity (Wildman–Crippen MR) is 107 cm³/mol. The van der Waals surface area contributed by atoms with Crippen molar-refractivity contribution in [3.63, 3.8) is 0 Å². The number of rotatable bonds is 5. The molecule has 4 aromatic heterocycles. The fourth-order valence-corrected chi connectivity index (χ4v) is 3.80. The number of hydrogen-bond acceptors (Lipinski definition) is 8. The van der Waals surface area contributed by atoms with Crippen molar-refractivity contribution in [2.24, 2.45) is 0 Å². The first-order chi connectivity index (χ1) is 14.7. The molecule has 0 spiro atoms. The Kier molecular flexibility index (Phi) is 4.83. The van der Waals surface area contributed by atoms with Crippen LogP contribution in [0.25, 0.3) is 17.0 Å². The number of aromatic nitrogens is 8. The van der Waals surface area contributed by atoms with Gasteiger partial charge in [-0.2, -0.15) is 9.78 Å². The molecule has 0 atom stereocenters. The van der Waals surface area contributed by atoms with Crippen LogP contribution >= 0.6 is 0 Å². The van der Waals surface area contributed by atoms with Gasteiger partial charge in [0, 0.05) is 12.6 Å². The molecule has 0 radical (unpaired) electrons. The molecule has 1 saturated carbocycles. The second kappa shape index (κ2) is 7.79. The summed E-state index contributed by atoms with van der Waals surface area (Å²) in [5.41, 5.74) is 2.25. The summed E-state index contributed by atoms with van der Waals surface area (Å²) in [6.07, 6.45) is 11.2. The number of pyridine rings is 1. The van der Waals surface area contributed by atoms with E-state index >= 15 is 0 Å². The molecular weight excluding hydrogens is 384 g/mol. The topological polar surface area (TPSA) is 117 Å². The Hall–Kier alpha value is -3.40. The van der Waals surface area contributed by atoms with Gasteiger partial charge in [0.1, 0.15) is 11.6 Å². The third kappa shape index (κ3) is 3.61.